The summed E-state index contributed by atoms with van der Waals surface area (Å²) in [5, 5.41) is 3.09. The first kappa shape index (κ1) is 13.5. The largest absolute Gasteiger partial charge is 0.479 e. The number of hydrogen-bond acceptors (Lipinski definition) is 3. The molecule has 5 heteroatoms. The van der Waals surface area contributed by atoms with Gasteiger partial charge in [-0.3, -0.25) is 4.79 Å². The monoisotopic (exact) mass is 289 g/mol. The topological polar surface area (TPSA) is 38.3 Å². The number of carbonyl (C=O) groups is 1. The zero-order chi connectivity index (χ0) is 14.8. The Morgan fingerprint density at radius 2 is 2.05 bits per heavy atom. The molecule has 1 aliphatic heterocycles. The molecule has 2 aromatic carbocycles. The molecule has 1 heterocycles. The molecule has 1 N–H and O–H groups in total. The van der Waals surface area contributed by atoms with Crippen molar-refractivity contribution in [2.45, 2.75) is 12.5 Å². The van der Waals surface area contributed by atoms with E-state index in [1.807, 2.05) is 12.1 Å². The fourth-order valence-electron chi connectivity index (χ4n) is 2.27. The van der Waals surface area contributed by atoms with Crippen molar-refractivity contribution in [3.05, 3.63) is 59.7 Å². The summed E-state index contributed by atoms with van der Waals surface area (Å²) < 4.78 is 32.3. The van der Waals surface area contributed by atoms with Crippen molar-refractivity contribution in [1.29, 1.82) is 0 Å². The van der Waals surface area contributed by atoms with E-state index in [4.69, 9.17) is 4.74 Å². The van der Waals surface area contributed by atoms with Crippen LogP contribution in [0.5, 0.6) is 5.75 Å². The molecule has 0 amide bonds. The van der Waals surface area contributed by atoms with Crippen LogP contribution >= 0.6 is 0 Å². The maximum atomic E-state index is 13.6. The van der Waals surface area contributed by atoms with Crippen LogP contribution in [-0.2, 0) is 11.2 Å². The van der Waals surface area contributed by atoms with Gasteiger partial charge in [0, 0.05) is 6.42 Å². The van der Waals surface area contributed by atoms with E-state index >= 15 is 0 Å². The third-order valence-corrected chi connectivity index (χ3v) is 3.37. The molecule has 0 saturated heterocycles. The SMILES string of the molecule is O=C(Cc1cc(F)ccc1F)C1CNc2ccccc2O1. The van der Waals surface area contributed by atoms with E-state index in [1.54, 1.807) is 12.1 Å². The molecule has 1 atom stereocenters. The molecular formula is C16H13F2NO2. The molecule has 0 aliphatic carbocycles. The third kappa shape index (κ3) is 2.86. The Morgan fingerprint density at radius 3 is 2.90 bits per heavy atom. The van der Waals surface area contributed by atoms with Crippen LogP contribution in [0.2, 0.25) is 0 Å². The molecule has 21 heavy (non-hydrogen) atoms. The first-order valence-corrected chi connectivity index (χ1v) is 6.59. The highest BCUT2D eigenvalue weighted by molar-refractivity contribution is 5.87. The Labute approximate surface area is 120 Å². The number of Topliss-reactive ketones (excluding diaryl/α,β-unsaturated/α-hetero) is 1. The molecule has 0 spiro atoms. The van der Waals surface area contributed by atoms with E-state index in [2.05, 4.69) is 5.32 Å². The maximum absolute atomic E-state index is 13.6. The van der Waals surface area contributed by atoms with E-state index in [9.17, 15) is 13.6 Å². The lowest BCUT2D eigenvalue weighted by Gasteiger charge is -2.26. The van der Waals surface area contributed by atoms with Gasteiger partial charge < -0.3 is 10.1 Å². The first-order chi connectivity index (χ1) is 10.1. The van der Waals surface area contributed by atoms with Crippen molar-refractivity contribution >= 4 is 11.5 Å². The highest BCUT2D eigenvalue weighted by atomic mass is 19.1. The molecule has 0 radical (unpaired) electrons. The quantitative estimate of drug-likeness (QED) is 0.944. The Bertz CT molecular complexity index is 688. The number of halogens is 2. The number of ether oxygens (including phenoxy) is 1. The second-order valence-corrected chi connectivity index (χ2v) is 4.86. The lowest BCUT2D eigenvalue weighted by molar-refractivity contribution is -0.124. The van der Waals surface area contributed by atoms with Gasteiger partial charge in [0.15, 0.2) is 11.9 Å². The summed E-state index contributed by atoms with van der Waals surface area (Å²) in [5.74, 6) is -0.857. The zero-order valence-electron chi connectivity index (χ0n) is 11.1. The Hall–Kier alpha value is -2.43. The van der Waals surface area contributed by atoms with Crippen LogP contribution in [0, 0.1) is 11.6 Å². The van der Waals surface area contributed by atoms with Gasteiger partial charge in [-0.05, 0) is 35.9 Å². The Balaban J connectivity index is 1.74. The highest BCUT2D eigenvalue weighted by Crippen LogP contribution is 2.28. The Morgan fingerprint density at radius 1 is 1.24 bits per heavy atom. The maximum Gasteiger partial charge on any atom is 0.179 e. The fraction of sp³-hybridized carbons (Fsp3) is 0.188. The van der Waals surface area contributed by atoms with Crippen LogP contribution in [0.15, 0.2) is 42.5 Å². The van der Waals surface area contributed by atoms with Crippen LogP contribution < -0.4 is 10.1 Å². The summed E-state index contributed by atoms with van der Waals surface area (Å²) in [7, 11) is 0. The third-order valence-electron chi connectivity index (χ3n) is 3.37. The number of para-hydroxylation sites is 2. The predicted octanol–water partition coefficient (Wildman–Crippen LogP) is 2.95. The number of carbonyl (C=O) groups excluding carboxylic acids is 1. The first-order valence-electron chi connectivity index (χ1n) is 6.59. The molecule has 3 rings (SSSR count). The van der Waals surface area contributed by atoms with E-state index in [0.717, 1.165) is 23.9 Å². The number of benzene rings is 2. The minimum atomic E-state index is -0.706. The van der Waals surface area contributed by atoms with Crippen LogP contribution in [0.1, 0.15) is 5.56 Å². The molecule has 1 aliphatic rings. The van der Waals surface area contributed by atoms with E-state index < -0.39 is 17.7 Å². The predicted molar refractivity (Wildman–Crippen MR) is 74.4 cm³/mol. The van der Waals surface area contributed by atoms with Gasteiger partial charge in [0.1, 0.15) is 17.4 Å². The van der Waals surface area contributed by atoms with Crippen LogP contribution in [-0.4, -0.2) is 18.4 Å². The second-order valence-electron chi connectivity index (χ2n) is 4.86. The van der Waals surface area contributed by atoms with Gasteiger partial charge in [-0.1, -0.05) is 12.1 Å². The zero-order valence-corrected chi connectivity index (χ0v) is 11.1. The minimum absolute atomic E-state index is 0.0439. The smallest absolute Gasteiger partial charge is 0.179 e. The van der Waals surface area contributed by atoms with Gasteiger partial charge in [-0.25, -0.2) is 8.78 Å². The fourth-order valence-corrected chi connectivity index (χ4v) is 2.27. The summed E-state index contributed by atoms with van der Waals surface area (Å²) in [5.41, 5.74) is 0.862. The van der Waals surface area contributed by atoms with E-state index in [1.165, 1.54) is 0 Å². The highest BCUT2D eigenvalue weighted by Gasteiger charge is 2.26. The van der Waals surface area contributed by atoms with Crippen LogP contribution in [0.4, 0.5) is 14.5 Å². The number of hydrogen-bond donors (Lipinski definition) is 1. The molecule has 2 aromatic rings. The lowest BCUT2D eigenvalue weighted by Crippen LogP contribution is -2.38. The van der Waals surface area contributed by atoms with Crippen LogP contribution in [0.3, 0.4) is 0 Å². The van der Waals surface area contributed by atoms with Gasteiger partial charge in [-0.2, -0.15) is 0 Å². The van der Waals surface area contributed by atoms with Gasteiger partial charge in [0.25, 0.3) is 0 Å². The molecule has 1 unspecified atom stereocenters. The van der Waals surface area contributed by atoms with Crippen molar-refractivity contribution in [2.24, 2.45) is 0 Å². The van der Waals surface area contributed by atoms with Gasteiger partial charge >= 0.3 is 0 Å². The molecule has 108 valence electrons. The minimum Gasteiger partial charge on any atom is -0.479 e. The summed E-state index contributed by atoms with van der Waals surface area (Å²) in [6.45, 7) is 0.312. The molecule has 3 nitrogen and oxygen atoms in total. The van der Waals surface area contributed by atoms with Crippen molar-refractivity contribution < 1.29 is 18.3 Å². The average molecular weight is 289 g/mol. The van der Waals surface area contributed by atoms with E-state index in [0.29, 0.717) is 12.3 Å². The van der Waals surface area contributed by atoms with Gasteiger partial charge in [-0.15, -0.1) is 0 Å². The van der Waals surface area contributed by atoms with Gasteiger partial charge in [0.2, 0.25) is 0 Å². The van der Waals surface area contributed by atoms with E-state index in [-0.39, 0.29) is 17.8 Å². The number of nitrogens with one attached hydrogen (secondary N) is 1. The molecule has 0 bridgehead atoms. The average Bonchev–Trinajstić information content (AvgIpc) is 2.50. The van der Waals surface area contributed by atoms with Crippen molar-refractivity contribution in [3.8, 4) is 5.75 Å². The second kappa shape index (κ2) is 5.52. The lowest BCUT2D eigenvalue weighted by atomic mass is 10.0. The molecular weight excluding hydrogens is 276 g/mol. The van der Waals surface area contributed by atoms with Crippen molar-refractivity contribution in [2.75, 3.05) is 11.9 Å². The summed E-state index contributed by atoms with van der Waals surface area (Å²) in [4.78, 5) is 12.2. The normalized spacial score (nSPS) is 16.6. The standard InChI is InChI=1S/C16H13F2NO2/c17-11-5-6-12(18)10(7-11)8-14(20)16-9-19-13-3-1-2-4-15(13)21-16/h1-7,16,19H,8-9H2. The van der Waals surface area contributed by atoms with Crippen molar-refractivity contribution in [3.63, 3.8) is 0 Å². The number of anilines is 1. The molecule has 0 fully saturated rings. The van der Waals surface area contributed by atoms with Crippen molar-refractivity contribution in [1.82, 2.24) is 0 Å². The summed E-state index contributed by atoms with van der Waals surface area (Å²) in [6, 6.07) is 10.4. The number of rotatable bonds is 3. The number of ketones is 1. The van der Waals surface area contributed by atoms with Crippen LogP contribution in [0.25, 0.3) is 0 Å². The van der Waals surface area contributed by atoms with Gasteiger partial charge in [0.05, 0.1) is 12.2 Å². The Kier molecular flexibility index (Phi) is 3.56. The number of fused-ring (bicyclic) bond motifs is 1. The summed E-state index contributed by atoms with van der Waals surface area (Å²) >= 11 is 0. The molecule has 0 saturated carbocycles. The summed E-state index contributed by atoms with van der Waals surface area (Å²) in [6.07, 6.45) is -0.902. The molecule has 0 aromatic heterocycles.